The second kappa shape index (κ2) is 11.5. The van der Waals surface area contributed by atoms with Gasteiger partial charge in [0.25, 0.3) is 5.91 Å². The Morgan fingerprint density at radius 3 is 1.81 bits per heavy atom. The van der Waals surface area contributed by atoms with E-state index in [4.69, 9.17) is 20.0 Å². The fraction of sp³-hybridized carbons (Fsp3) is 0.360. The maximum atomic E-state index is 12.2. The van der Waals surface area contributed by atoms with Crippen molar-refractivity contribution in [3.05, 3.63) is 59.7 Å². The Morgan fingerprint density at radius 1 is 0.812 bits per heavy atom. The summed E-state index contributed by atoms with van der Waals surface area (Å²) in [6, 6.07) is 17.5. The number of amides is 1. The smallest absolute Gasteiger partial charge is 0.258 e. The van der Waals surface area contributed by atoms with Crippen molar-refractivity contribution in [1.29, 1.82) is 10.5 Å². The Hall–Kier alpha value is -3.84. The summed E-state index contributed by atoms with van der Waals surface area (Å²) >= 11 is 0. The van der Waals surface area contributed by atoms with E-state index in [1.54, 1.807) is 48.5 Å². The van der Waals surface area contributed by atoms with Crippen molar-refractivity contribution in [2.45, 2.75) is 38.1 Å². The zero-order valence-electron chi connectivity index (χ0n) is 17.8. The Kier molecular flexibility index (Phi) is 8.22. The molecule has 0 aromatic heterocycles. The first-order valence-electron chi connectivity index (χ1n) is 10.6. The average Bonchev–Trinajstić information content (AvgIpc) is 2.83. The third-order valence-electron chi connectivity index (χ3n) is 5.46. The highest BCUT2D eigenvalue weighted by atomic mass is 16.5. The number of ketones is 1. The van der Waals surface area contributed by atoms with Crippen LogP contribution in [0, 0.1) is 28.6 Å². The average molecular weight is 431 g/mol. The van der Waals surface area contributed by atoms with Crippen molar-refractivity contribution < 1.29 is 19.1 Å². The molecule has 0 saturated heterocycles. The van der Waals surface area contributed by atoms with Crippen LogP contribution in [-0.4, -0.2) is 30.9 Å². The van der Waals surface area contributed by atoms with Crippen molar-refractivity contribution in [2.24, 2.45) is 5.92 Å². The van der Waals surface area contributed by atoms with Crippen LogP contribution in [0.15, 0.2) is 48.5 Å². The first-order valence-corrected chi connectivity index (χ1v) is 10.6. The molecule has 0 atom stereocenters. The largest absolute Gasteiger partial charge is 0.486 e. The maximum Gasteiger partial charge on any atom is 0.258 e. The van der Waals surface area contributed by atoms with E-state index in [9.17, 15) is 9.59 Å². The quantitative estimate of drug-likeness (QED) is 0.650. The van der Waals surface area contributed by atoms with E-state index in [0.717, 1.165) is 25.7 Å². The number of nitrogens with zero attached hydrogens (tertiary/aromatic N) is 2. The van der Waals surface area contributed by atoms with Gasteiger partial charge < -0.3 is 14.8 Å². The van der Waals surface area contributed by atoms with Crippen molar-refractivity contribution in [3.63, 3.8) is 0 Å². The lowest BCUT2D eigenvalue weighted by molar-refractivity contribution is -0.125. The number of nitrogens with one attached hydrogen (secondary N) is 1. The SMILES string of the molecule is N#Cc1ccc(OCC(=O)CC2CCC(NC(=O)COc3ccc(C#N)cc3)CC2)cc1. The lowest BCUT2D eigenvalue weighted by atomic mass is 9.83. The molecule has 32 heavy (non-hydrogen) atoms. The number of hydrogen-bond acceptors (Lipinski definition) is 6. The van der Waals surface area contributed by atoms with Crippen molar-refractivity contribution >= 4 is 11.7 Å². The fourth-order valence-corrected chi connectivity index (χ4v) is 3.73. The number of hydrogen-bond donors (Lipinski definition) is 1. The van der Waals surface area contributed by atoms with Crippen molar-refractivity contribution in [3.8, 4) is 23.6 Å². The maximum absolute atomic E-state index is 12.2. The molecule has 0 aliphatic heterocycles. The summed E-state index contributed by atoms with van der Waals surface area (Å²) < 4.78 is 11.0. The van der Waals surface area contributed by atoms with Crippen LogP contribution in [-0.2, 0) is 9.59 Å². The van der Waals surface area contributed by atoms with Crippen LogP contribution in [0.2, 0.25) is 0 Å². The molecule has 0 heterocycles. The summed E-state index contributed by atoms with van der Waals surface area (Å²) in [4.78, 5) is 24.4. The third-order valence-corrected chi connectivity index (χ3v) is 5.46. The van der Waals surface area contributed by atoms with Gasteiger partial charge in [-0.1, -0.05) is 0 Å². The highest BCUT2D eigenvalue weighted by molar-refractivity contribution is 5.80. The molecule has 1 saturated carbocycles. The van der Waals surface area contributed by atoms with E-state index in [-0.39, 0.29) is 30.9 Å². The monoisotopic (exact) mass is 431 g/mol. The zero-order chi connectivity index (χ0) is 22.8. The van der Waals surface area contributed by atoms with Gasteiger partial charge in [-0.2, -0.15) is 10.5 Å². The van der Waals surface area contributed by atoms with Crippen LogP contribution >= 0.6 is 0 Å². The number of benzene rings is 2. The van der Waals surface area contributed by atoms with Crippen LogP contribution in [0.25, 0.3) is 0 Å². The number of rotatable bonds is 9. The van der Waals surface area contributed by atoms with Crippen LogP contribution in [0.1, 0.15) is 43.2 Å². The molecule has 3 rings (SSSR count). The van der Waals surface area contributed by atoms with Gasteiger partial charge in [0.2, 0.25) is 0 Å². The molecule has 2 aromatic carbocycles. The summed E-state index contributed by atoms with van der Waals surface area (Å²) in [6.07, 6.45) is 3.89. The highest BCUT2D eigenvalue weighted by Gasteiger charge is 2.24. The van der Waals surface area contributed by atoms with Gasteiger partial charge >= 0.3 is 0 Å². The van der Waals surface area contributed by atoms with Gasteiger partial charge in [-0.15, -0.1) is 0 Å². The van der Waals surface area contributed by atoms with Crippen LogP contribution in [0.4, 0.5) is 0 Å². The summed E-state index contributed by atoms with van der Waals surface area (Å²) in [5.74, 6) is 1.30. The molecule has 0 spiro atoms. The molecule has 0 unspecified atom stereocenters. The molecule has 1 amide bonds. The number of carbonyl (C=O) groups is 2. The van der Waals surface area contributed by atoms with E-state index in [2.05, 4.69) is 5.32 Å². The minimum atomic E-state index is -0.176. The molecule has 7 heteroatoms. The number of Topliss-reactive ketones (excluding diaryl/α,β-unsaturated/α-hetero) is 1. The molecule has 7 nitrogen and oxygen atoms in total. The van der Waals surface area contributed by atoms with Crippen LogP contribution in [0.5, 0.6) is 11.5 Å². The molecule has 0 radical (unpaired) electrons. The Morgan fingerprint density at radius 2 is 1.31 bits per heavy atom. The van der Waals surface area contributed by atoms with Crippen molar-refractivity contribution in [1.82, 2.24) is 5.32 Å². The standard InChI is InChI=1S/C25H25N3O4/c26-14-19-3-9-23(10-4-19)31-16-22(29)13-18-1-7-21(8-2-18)28-25(30)17-32-24-11-5-20(15-27)6-12-24/h3-6,9-12,18,21H,1-2,7-8,13,16-17H2,(H,28,30). The molecule has 1 N–H and O–H groups in total. The molecule has 164 valence electrons. The molecular weight excluding hydrogens is 406 g/mol. The van der Waals surface area contributed by atoms with E-state index in [1.165, 1.54) is 0 Å². The lowest BCUT2D eigenvalue weighted by Crippen LogP contribution is -2.40. The second-order valence-electron chi connectivity index (χ2n) is 7.88. The molecule has 1 fully saturated rings. The summed E-state index contributed by atoms with van der Waals surface area (Å²) in [5.41, 5.74) is 1.09. The summed E-state index contributed by atoms with van der Waals surface area (Å²) in [5, 5.41) is 20.6. The van der Waals surface area contributed by atoms with E-state index in [0.29, 0.717) is 35.0 Å². The molecular formula is C25H25N3O4. The molecule has 1 aliphatic rings. The number of nitriles is 2. The Bertz CT molecular complexity index is 912. The van der Waals surface area contributed by atoms with E-state index < -0.39 is 0 Å². The molecule has 1 aliphatic carbocycles. The first-order chi connectivity index (χ1) is 15.6. The molecule has 0 bridgehead atoms. The van der Waals surface area contributed by atoms with Crippen molar-refractivity contribution in [2.75, 3.05) is 13.2 Å². The van der Waals surface area contributed by atoms with E-state index in [1.807, 2.05) is 12.1 Å². The normalized spacial score (nSPS) is 17.4. The third kappa shape index (κ3) is 7.14. The number of ether oxygens (including phenoxy) is 2. The summed E-state index contributed by atoms with van der Waals surface area (Å²) in [6.45, 7) is -0.0494. The predicted octanol–water partition coefficient (Wildman–Crippen LogP) is 3.52. The van der Waals surface area contributed by atoms with E-state index >= 15 is 0 Å². The minimum Gasteiger partial charge on any atom is -0.486 e. The van der Waals surface area contributed by atoms with Crippen LogP contribution in [0.3, 0.4) is 0 Å². The zero-order valence-corrected chi connectivity index (χ0v) is 17.8. The number of carbonyl (C=O) groups excluding carboxylic acids is 2. The second-order valence-corrected chi connectivity index (χ2v) is 7.88. The highest BCUT2D eigenvalue weighted by Crippen LogP contribution is 2.27. The van der Waals surface area contributed by atoms with Gasteiger partial charge in [0.1, 0.15) is 18.1 Å². The van der Waals surface area contributed by atoms with Gasteiger partial charge in [-0.05, 0) is 80.1 Å². The minimum absolute atomic E-state index is 0.0231. The summed E-state index contributed by atoms with van der Waals surface area (Å²) in [7, 11) is 0. The van der Waals surface area contributed by atoms with Gasteiger partial charge in [0, 0.05) is 12.5 Å². The van der Waals surface area contributed by atoms with Crippen LogP contribution < -0.4 is 14.8 Å². The van der Waals surface area contributed by atoms with Gasteiger partial charge in [-0.25, -0.2) is 0 Å². The predicted molar refractivity (Wildman–Crippen MR) is 117 cm³/mol. The first kappa shape index (κ1) is 22.8. The Balaban J connectivity index is 1.31. The topological polar surface area (TPSA) is 112 Å². The van der Waals surface area contributed by atoms with Gasteiger partial charge in [-0.3, -0.25) is 9.59 Å². The van der Waals surface area contributed by atoms with Gasteiger partial charge in [0.15, 0.2) is 12.4 Å². The molecule has 2 aromatic rings. The van der Waals surface area contributed by atoms with Gasteiger partial charge in [0.05, 0.1) is 23.3 Å². The fourth-order valence-electron chi connectivity index (χ4n) is 3.73. The lowest BCUT2D eigenvalue weighted by Gasteiger charge is -2.28. The Labute approximate surface area is 187 Å².